The first-order chi connectivity index (χ1) is 11.4. The number of nitroso groups, excluding NO2 is 1. The molecule has 6 nitrogen and oxygen atoms in total. The van der Waals surface area contributed by atoms with Crippen LogP contribution in [0.2, 0.25) is 0 Å². The molecule has 24 heavy (non-hydrogen) atoms. The lowest BCUT2D eigenvalue weighted by atomic mass is 9.77. The number of rotatable bonds is 3. The topological polar surface area (TPSA) is 82.5 Å². The predicted molar refractivity (Wildman–Crippen MR) is 94.9 cm³/mol. The lowest BCUT2D eigenvalue weighted by Gasteiger charge is -2.29. The van der Waals surface area contributed by atoms with Crippen LogP contribution in [0.4, 0.5) is 0 Å². The van der Waals surface area contributed by atoms with Crippen LogP contribution >= 0.6 is 0 Å². The van der Waals surface area contributed by atoms with E-state index in [9.17, 15) is 4.91 Å². The Kier molecular flexibility index (Phi) is 4.55. The molecule has 1 heterocycles. The minimum absolute atomic E-state index is 0.0578. The van der Waals surface area contributed by atoms with Crippen LogP contribution in [-0.4, -0.2) is 24.0 Å². The van der Waals surface area contributed by atoms with E-state index < -0.39 is 0 Å². The van der Waals surface area contributed by atoms with Crippen molar-refractivity contribution in [3.63, 3.8) is 0 Å². The van der Waals surface area contributed by atoms with Gasteiger partial charge in [0.15, 0.2) is 0 Å². The van der Waals surface area contributed by atoms with Gasteiger partial charge in [-0.1, -0.05) is 38.1 Å². The predicted octanol–water partition coefficient (Wildman–Crippen LogP) is 2.28. The highest BCUT2D eigenvalue weighted by Crippen LogP contribution is 2.38. The molecule has 4 N–H and O–H groups in total. The number of nitrogens with two attached hydrogens (primary N) is 1. The fraction of sp³-hybridized carbons (Fsp3) is 0.500. The second-order valence-corrected chi connectivity index (χ2v) is 7.34. The van der Waals surface area contributed by atoms with Crippen molar-refractivity contribution in [3.8, 4) is 0 Å². The lowest BCUT2D eigenvalue weighted by molar-refractivity contribution is -0.566. The molecule has 1 aliphatic heterocycles. The molecule has 1 saturated heterocycles. The van der Waals surface area contributed by atoms with Crippen molar-refractivity contribution in [3.05, 3.63) is 46.4 Å². The molecule has 127 valence electrons. The van der Waals surface area contributed by atoms with Gasteiger partial charge in [-0.3, -0.25) is 0 Å². The van der Waals surface area contributed by atoms with E-state index in [4.69, 9.17) is 5.84 Å². The maximum atomic E-state index is 10.7. The Morgan fingerprint density at radius 3 is 2.75 bits per heavy atom. The first-order valence-electron chi connectivity index (χ1n) is 8.42. The Bertz CT molecular complexity index is 682. The summed E-state index contributed by atoms with van der Waals surface area (Å²) < 4.78 is 0. The van der Waals surface area contributed by atoms with Gasteiger partial charge in [0.25, 0.3) is 10.9 Å². The van der Waals surface area contributed by atoms with E-state index in [1.807, 2.05) is 6.07 Å². The zero-order chi connectivity index (χ0) is 17.2. The fourth-order valence-corrected chi connectivity index (χ4v) is 3.22. The molecule has 0 unspecified atom stereocenters. The minimum atomic E-state index is 0.0578. The third-order valence-corrected chi connectivity index (χ3v) is 4.85. The van der Waals surface area contributed by atoms with Gasteiger partial charge in [-0.2, -0.15) is 0 Å². The first kappa shape index (κ1) is 16.5. The van der Waals surface area contributed by atoms with Gasteiger partial charge in [0.05, 0.1) is 4.91 Å². The largest absolute Gasteiger partial charge is 0.350 e. The highest BCUT2D eigenvalue weighted by Gasteiger charge is 2.23. The summed E-state index contributed by atoms with van der Waals surface area (Å²) in [5, 5.41) is 9.81. The van der Waals surface area contributed by atoms with Gasteiger partial charge in [0.1, 0.15) is 5.10 Å². The van der Waals surface area contributed by atoms with Crippen molar-refractivity contribution in [2.75, 3.05) is 13.1 Å². The van der Waals surface area contributed by atoms with Crippen molar-refractivity contribution in [1.29, 1.82) is 0 Å². The summed E-state index contributed by atoms with van der Waals surface area (Å²) in [5.41, 5.74) is 4.28. The molecular weight excluding hydrogens is 302 g/mol. The molecule has 0 saturated carbocycles. The summed E-state index contributed by atoms with van der Waals surface area (Å²) in [6.45, 7) is 6.08. The third-order valence-electron chi connectivity index (χ3n) is 4.85. The van der Waals surface area contributed by atoms with Crippen LogP contribution in [0.3, 0.4) is 0 Å². The molecule has 2 aliphatic rings. The molecule has 0 bridgehead atoms. The second-order valence-electron chi connectivity index (χ2n) is 7.34. The van der Waals surface area contributed by atoms with E-state index in [0.29, 0.717) is 17.3 Å². The van der Waals surface area contributed by atoms with E-state index in [2.05, 4.69) is 53.9 Å². The molecule has 0 atom stereocenters. The molecule has 0 amide bonds. The van der Waals surface area contributed by atoms with E-state index >= 15 is 0 Å². The van der Waals surface area contributed by atoms with Crippen LogP contribution in [-0.2, 0) is 0 Å². The SMILES string of the molecule is CC1(C)CC=C(c2[c]ccc(C3CNC(=N[N+](N)=O)NC3)c2)CC1. The molecule has 1 aromatic carbocycles. The molecule has 1 aromatic rings. The Hall–Kier alpha value is -2.37. The average molecular weight is 327 g/mol. The Balaban J connectivity index is 1.71. The normalized spacial score (nSPS) is 22.8. The molecule has 1 radical (unpaired) electrons. The van der Waals surface area contributed by atoms with Gasteiger partial charge in [0, 0.05) is 19.0 Å². The first-order valence-corrected chi connectivity index (χ1v) is 8.42. The average Bonchev–Trinajstić information content (AvgIpc) is 2.55. The zero-order valence-electron chi connectivity index (χ0n) is 14.3. The summed E-state index contributed by atoms with van der Waals surface area (Å²) in [7, 11) is 0. The maximum Gasteiger partial charge on any atom is 0.279 e. The van der Waals surface area contributed by atoms with Gasteiger partial charge in [0.2, 0.25) is 0 Å². The summed E-state index contributed by atoms with van der Waals surface area (Å²) in [4.78, 5) is 10.8. The lowest BCUT2D eigenvalue weighted by Crippen LogP contribution is -2.49. The van der Waals surface area contributed by atoms with Crippen molar-refractivity contribution in [1.82, 2.24) is 10.6 Å². The summed E-state index contributed by atoms with van der Waals surface area (Å²) in [6.07, 6.45) is 5.82. The quantitative estimate of drug-likeness (QED) is 0.452. The Morgan fingerprint density at radius 1 is 1.38 bits per heavy atom. The van der Waals surface area contributed by atoms with Crippen LogP contribution in [0, 0.1) is 16.4 Å². The van der Waals surface area contributed by atoms with Gasteiger partial charge >= 0.3 is 0 Å². The molecule has 0 spiro atoms. The second kappa shape index (κ2) is 6.63. The zero-order valence-corrected chi connectivity index (χ0v) is 14.3. The van der Waals surface area contributed by atoms with E-state index in [-0.39, 0.29) is 4.98 Å². The number of nitrogens with zero attached hydrogens (tertiary/aromatic N) is 2. The molecular formula is C18H25N5O+. The minimum Gasteiger partial charge on any atom is -0.350 e. The molecule has 0 aromatic heterocycles. The number of hydrazone groups is 1. The van der Waals surface area contributed by atoms with Gasteiger partial charge in [-0.05, 0) is 47.4 Å². The number of allylic oxidation sites excluding steroid dienone is 2. The number of hydrazine groups is 1. The standard InChI is InChI=1S/C18H25N5O/c1-18(2)8-6-13(7-9-18)14-4-3-5-15(10-14)16-11-20-17(21-12-16)22-23(19)24/h3,5-6,10,16H,7-9,11-12H2,1-2H3,(H4,19,20,21,22,24)/q+1. The highest BCUT2D eigenvalue weighted by atomic mass is 16.3. The summed E-state index contributed by atoms with van der Waals surface area (Å²) in [6, 6.07) is 9.74. The van der Waals surface area contributed by atoms with Crippen LogP contribution in [0.1, 0.15) is 50.2 Å². The van der Waals surface area contributed by atoms with Gasteiger partial charge in [-0.25, -0.2) is 0 Å². The molecule has 6 heteroatoms. The Labute approximate surface area is 142 Å². The van der Waals surface area contributed by atoms with Crippen molar-refractivity contribution in [2.45, 2.75) is 39.0 Å². The fourth-order valence-electron chi connectivity index (χ4n) is 3.22. The van der Waals surface area contributed by atoms with Crippen molar-refractivity contribution < 1.29 is 4.98 Å². The van der Waals surface area contributed by atoms with Gasteiger partial charge in [-0.15, -0.1) is 5.84 Å². The van der Waals surface area contributed by atoms with Crippen LogP contribution < -0.4 is 16.5 Å². The van der Waals surface area contributed by atoms with Crippen LogP contribution in [0.25, 0.3) is 5.57 Å². The van der Waals surface area contributed by atoms with Crippen LogP contribution in [0.5, 0.6) is 0 Å². The summed E-state index contributed by atoms with van der Waals surface area (Å²) >= 11 is 0. The van der Waals surface area contributed by atoms with Crippen molar-refractivity contribution in [2.24, 2.45) is 16.4 Å². The number of hydrogen-bond acceptors (Lipinski definition) is 1. The third kappa shape index (κ3) is 3.93. The molecule has 3 rings (SSSR count). The van der Waals surface area contributed by atoms with Crippen molar-refractivity contribution >= 4 is 11.5 Å². The monoisotopic (exact) mass is 327 g/mol. The van der Waals surface area contributed by atoms with E-state index in [1.54, 1.807) is 0 Å². The highest BCUT2D eigenvalue weighted by molar-refractivity contribution is 5.80. The van der Waals surface area contributed by atoms with E-state index in [0.717, 1.165) is 25.9 Å². The smallest absolute Gasteiger partial charge is 0.279 e. The number of benzene rings is 1. The Morgan fingerprint density at radius 2 is 2.12 bits per heavy atom. The number of guanidine groups is 1. The van der Waals surface area contributed by atoms with Crippen LogP contribution in [0.15, 0.2) is 29.4 Å². The number of nitrogens with one attached hydrogen (secondary N) is 2. The number of hydrogen-bond donors (Lipinski definition) is 3. The van der Waals surface area contributed by atoms with Gasteiger partial charge < -0.3 is 10.6 Å². The summed E-state index contributed by atoms with van der Waals surface area (Å²) in [5.74, 6) is 5.73. The molecule has 1 aliphatic carbocycles. The molecule has 1 fully saturated rings. The van der Waals surface area contributed by atoms with E-state index in [1.165, 1.54) is 23.1 Å². The maximum absolute atomic E-state index is 10.7.